The van der Waals surface area contributed by atoms with Gasteiger partial charge in [-0.05, 0) is 36.4 Å². The molecule has 1 aromatic heterocycles. The van der Waals surface area contributed by atoms with E-state index in [-0.39, 0.29) is 23.7 Å². The minimum atomic E-state index is -0.249. The van der Waals surface area contributed by atoms with Crippen molar-refractivity contribution in [2.75, 3.05) is 31.1 Å². The van der Waals surface area contributed by atoms with Crippen LogP contribution < -0.4 is 10.3 Å². The molecule has 3 aromatic rings. The van der Waals surface area contributed by atoms with Crippen LogP contribution in [0.2, 0.25) is 0 Å². The van der Waals surface area contributed by atoms with Gasteiger partial charge in [-0.3, -0.25) is 9.59 Å². The lowest BCUT2D eigenvalue weighted by molar-refractivity contribution is -0.132. The average molecular weight is 365 g/mol. The lowest BCUT2D eigenvalue weighted by Gasteiger charge is -2.36. The van der Waals surface area contributed by atoms with Gasteiger partial charge in [0.1, 0.15) is 12.4 Å². The number of rotatable bonds is 3. The van der Waals surface area contributed by atoms with Crippen LogP contribution in [0.15, 0.2) is 65.6 Å². The average Bonchev–Trinajstić information content (AvgIpc) is 2.71. The van der Waals surface area contributed by atoms with E-state index in [4.69, 9.17) is 0 Å². The molecule has 1 aliphatic rings. The molecule has 0 spiro atoms. The summed E-state index contributed by atoms with van der Waals surface area (Å²) in [6.45, 7) is 2.87. The number of anilines is 1. The van der Waals surface area contributed by atoms with Crippen LogP contribution in [0.25, 0.3) is 10.9 Å². The second-order valence-electron chi connectivity index (χ2n) is 6.67. The highest BCUT2D eigenvalue weighted by atomic mass is 19.1. The first-order valence-electron chi connectivity index (χ1n) is 8.98. The van der Waals surface area contributed by atoms with Crippen LogP contribution in [0.3, 0.4) is 0 Å². The van der Waals surface area contributed by atoms with Gasteiger partial charge in [0, 0.05) is 49.5 Å². The molecular weight excluding hydrogens is 345 g/mol. The van der Waals surface area contributed by atoms with E-state index < -0.39 is 0 Å². The van der Waals surface area contributed by atoms with Crippen molar-refractivity contribution in [1.82, 2.24) is 9.47 Å². The fourth-order valence-corrected chi connectivity index (χ4v) is 3.51. The summed E-state index contributed by atoms with van der Waals surface area (Å²) in [4.78, 5) is 28.7. The van der Waals surface area contributed by atoms with E-state index in [9.17, 15) is 14.0 Å². The SMILES string of the molecule is O=C(Cn1ccc(=O)c2ccccc21)N1CCN(c2ccc(F)cc2)CC1. The van der Waals surface area contributed by atoms with Crippen molar-refractivity contribution in [2.45, 2.75) is 6.54 Å². The zero-order valence-corrected chi connectivity index (χ0v) is 14.8. The molecule has 0 radical (unpaired) electrons. The number of pyridine rings is 1. The van der Waals surface area contributed by atoms with Crippen LogP contribution in [0.5, 0.6) is 0 Å². The summed E-state index contributed by atoms with van der Waals surface area (Å²) in [6, 6.07) is 15.3. The lowest BCUT2D eigenvalue weighted by Crippen LogP contribution is -2.49. The number of benzene rings is 2. The minimum absolute atomic E-state index is 0.0301. The molecule has 0 aliphatic carbocycles. The number of carbonyl (C=O) groups excluding carboxylic acids is 1. The molecule has 2 aromatic carbocycles. The number of aromatic nitrogens is 1. The van der Waals surface area contributed by atoms with Crippen LogP contribution in [0, 0.1) is 5.82 Å². The van der Waals surface area contributed by atoms with E-state index in [2.05, 4.69) is 4.90 Å². The van der Waals surface area contributed by atoms with Gasteiger partial charge < -0.3 is 14.4 Å². The largest absolute Gasteiger partial charge is 0.368 e. The second-order valence-corrected chi connectivity index (χ2v) is 6.67. The predicted octanol–water partition coefficient (Wildman–Crippen LogP) is 2.49. The molecular formula is C21H20FN3O2. The lowest BCUT2D eigenvalue weighted by atomic mass is 10.2. The fraction of sp³-hybridized carbons (Fsp3) is 0.238. The molecule has 0 atom stereocenters. The first kappa shape index (κ1) is 17.3. The second kappa shape index (κ2) is 7.23. The van der Waals surface area contributed by atoms with Crippen molar-refractivity contribution in [3.63, 3.8) is 0 Å². The van der Waals surface area contributed by atoms with Gasteiger partial charge in [0.05, 0.1) is 5.52 Å². The van der Waals surface area contributed by atoms with E-state index >= 15 is 0 Å². The van der Waals surface area contributed by atoms with E-state index in [1.165, 1.54) is 18.2 Å². The zero-order valence-electron chi connectivity index (χ0n) is 14.8. The summed E-state index contributed by atoms with van der Waals surface area (Å²) in [6.07, 6.45) is 1.68. The van der Waals surface area contributed by atoms with Crippen LogP contribution in [0.4, 0.5) is 10.1 Å². The molecule has 5 nitrogen and oxygen atoms in total. The minimum Gasteiger partial charge on any atom is -0.368 e. The molecule has 27 heavy (non-hydrogen) atoms. The molecule has 4 rings (SSSR count). The molecule has 2 heterocycles. The molecule has 0 saturated carbocycles. The standard InChI is InChI=1S/C21H20FN3O2/c22-16-5-7-17(8-6-16)23-11-13-24(14-12-23)21(27)15-25-10-9-20(26)18-3-1-2-4-19(18)25/h1-10H,11-15H2. The van der Waals surface area contributed by atoms with Crippen molar-refractivity contribution in [2.24, 2.45) is 0 Å². The highest BCUT2D eigenvalue weighted by molar-refractivity contribution is 5.82. The first-order valence-corrected chi connectivity index (χ1v) is 8.98. The number of piperazine rings is 1. The Balaban J connectivity index is 1.44. The topological polar surface area (TPSA) is 45.6 Å². The smallest absolute Gasteiger partial charge is 0.242 e. The molecule has 1 aliphatic heterocycles. The monoisotopic (exact) mass is 365 g/mol. The molecule has 6 heteroatoms. The number of hydrogen-bond acceptors (Lipinski definition) is 3. The third-order valence-electron chi connectivity index (χ3n) is 5.01. The van der Waals surface area contributed by atoms with Gasteiger partial charge >= 0.3 is 0 Å². The van der Waals surface area contributed by atoms with E-state index in [0.29, 0.717) is 31.6 Å². The van der Waals surface area contributed by atoms with Crippen molar-refractivity contribution < 1.29 is 9.18 Å². The Bertz CT molecular complexity index is 1020. The number of nitrogens with zero attached hydrogens (tertiary/aromatic N) is 3. The Morgan fingerprint density at radius 1 is 0.926 bits per heavy atom. The van der Waals surface area contributed by atoms with Gasteiger partial charge in [-0.25, -0.2) is 4.39 Å². The summed E-state index contributed by atoms with van der Waals surface area (Å²) < 4.78 is 14.9. The highest BCUT2D eigenvalue weighted by Crippen LogP contribution is 2.17. The van der Waals surface area contributed by atoms with Gasteiger partial charge in [-0.2, -0.15) is 0 Å². The maximum Gasteiger partial charge on any atom is 0.242 e. The maximum atomic E-state index is 13.1. The number of amides is 1. The first-order chi connectivity index (χ1) is 13.1. The summed E-state index contributed by atoms with van der Waals surface area (Å²) in [5, 5.41) is 0.619. The fourth-order valence-electron chi connectivity index (χ4n) is 3.51. The van der Waals surface area contributed by atoms with Crippen LogP contribution in [0.1, 0.15) is 0 Å². The highest BCUT2D eigenvalue weighted by Gasteiger charge is 2.21. The molecule has 0 N–H and O–H groups in total. The Labute approximate surface area is 156 Å². The predicted molar refractivity (Wildman–Crippen MR) is 103 cm³/mol. The van der Waals surface area contributed by atoms with Gasteiger partial charge in [0.15, 0.2) is 5.43 Å². The Hall–Kier alpha value is -3.15. The van der Waals surface area contributed by atoms with Crippen molar-refractivity contribution in [3.05, 3.63) is 76.8 Å². The van der Waals surface area contributed by atoms with E-state index in [1.54, 1.807) is 24.4 Å². The Morgan fingerprint density at radius 2 is 1.63 bits per heavy atom. The molecule has 1 saturated heterocycles. The normalized spacial score (nSPS) is 14.6. The molecule has 1 amide bonds. The quantitative estimate of drug-likeness (QED) is 0.716. The van der Waals surface area contributed by atoms with E-state index in [1.807, 2.05) is 27.7 Å². The zero-order chi connectivity index (χ0) is 18.8. The number of hydrogen-bond donors (Lipinski definition) is 0. The third kappa shape index (κ3) is 3.56. The number of para-hydroxylation sites is 1. The Morgan fingerprint density at radius 3 is 2.37 bits per heavy atom. The molecule has 0 bridgehead atoms. The van der Waals surface area contributed by atoms with Gasteiger partial charge in [-0.15, -0.1) is 0 Å². The third-order valence-corrected chi connectivity index (χ3v) is 5.01. The van der Waals surface area contributed by atoms with Gasteiger partial charge in [-0.1, -0.05) is 12.1 Å². The number of halogens is 1. The summed E-state index contributed by atoms with van der Waals surface area (Å²) in [5.74, 6) is -0.219. The summed E-state index contributed by atoms with van der Waals surface area (Å²) >= 11 is 0. The van der Waals surface area contributed by atoms with Gasteiger partial charge in [0.2, 0.25) is 5.91 Å². The van der Waals surface area contributed by atoms with Crippen LogP contribution in [-0.2, 0) is 11.3 Å². The van der Waals surface area contributed by atoms with Crippen molar-refractivity contribution in [3.8, 4) is 0 Å². The summed E-state index contributed by atoms with van der Waals surface area (Å²) in [7, 11) is 0. The van der Waals surface area contributed by atoms with Crippen molar-refractivity contribution in [1.29, 1.82) is 0 Å². The van der Waals surface area contributed by atoms with Crippen LogP contribution >= 0.6 is 0 Å². The maximum absolute atomic E-state index is 13.1. The Kier molecular flexibility index (Phi) is 4.62. The number of carbonyl (C=O) groups is 1. The molecule has 1 fully saturated rings. The van der Waals surface area contributed by atoms with Gasteiger partial charge in [0.25, 0.3) is 0 Å². The summed E-state index contributed by atoms with van der Waals surface area (Å²) in [5.41, 5.74) is 1.69. The van der Waals surface area contributed by atoms with Crippen molar-refractivity contribution >= 4 is 22.5 Å². The van der Waals surface area contributed by atoms with E-state index in [0.717, 1.165) is 11.2 Å². The number of fused-ring (bicyclic) bond motifs is 1. The molecule has 138 valence electrons. The van der Waals surface area contributed by atoms with Crippen LogP contribution in [-0.4, -0.2) is 41.6 Å². The molecule has 0 unspecified atom stereocenters.